The molecule has 0 bridgehead atoms. The molecule has 1 aromatic carbocycles. The lowest BCUT2D eigenvalue weighted by atomic mass is 10.0. The van der Waals surface area contributed by atoms with Crippen molar-refractivity contribution in [2.24, 2.45) is 0 Å². The fourth-order valence-electron chi connectivity index (χ4n) is 2.29. The van der Waals surface area contributed by atoms with Crippen LogP contribution in [0.4, 0.5) is 9.18 Å². The Morgan fingerprint density at radius 1 is 1.10 bits per heavy atom. The zero-order chi connectivity index (χ0) is 23.4. The molecule has 0 spiro atoms. The predicted octanol–water partition coefficient (Wildman–Crippen LogP) is 2.21. The van der Waals surface area contributed by atoms with Crippen LogP contribution in [-0.2, 0) is 33.6 Å². The van der Waals surface area contributed by atoms with Crippen molar-refractivity contribution in [2.75, 3.05) is 46.5 Å². The molecule has 0 aliphatic heterocycles. The molecule has 2 atom stereocenters. The summed E-state index contributed by atoms with van der Waals surface area (Å²) in [6.07, 6.45) is -1.47. The molecule has 1 N–H and O–H groups in total. The summed E-state index contributed by atoms with van der Waals surface area (Å²) in [5.41, 5.74) is 0.212. The molecule has 0 unspecified atom stereocenters. The first kappa shape index (κ1) is 27.4. The van der Waals surface area contributed by atoms with Gasteiger partial charge in [-0.15, -0.1) is 0 Å². The Hall–Kier alpha value is -1.66. The molecule has 0 aromatic heterocycles. The van der Waals surface area contributed by atoms with E-state index in [0.29, 0.717) is 13.2 Å². The molecular weight excluding hydrogens is 480 g/mol. The zero-order valence-corrected chi connectivity index (χ0v) is 19.2. The first-order valence-corrected chi connectivity index (χ1v) is 11.7. The Bertz CT molecular complexity index is 807. The molecular formula is C18H24Cl2FNO8S. The standard InChI is InChI=1S/C18H24Cl2FNO8S/c1-27-7-8-28-9-10-29-18(24)30-15(14(11-21)22-17(23)16(19)20)12-3-5-13(6-4-12)31(2,25)26/h3-6,14-16H,7-11H2,1-2H3,(H,22,23)/t14-,15-/m1/s1. The number of nitrogens with one attached hydrogen (secondary N) is 1. The van der Waals surface area contributed by atoms with Crippen LogP contribution in [0.5, 0.6) is 0 Å². The number of alkyl halides is 3. The van der Waals surface area contributed by atoms with Crippen LogP contribution >= 0.6 is 23.2 Å². The molecule has 9 nitrogen and oxygen atoms in total. The van der Waals surface area contributed by atoms with Crippen LogP contribution in [0.15, 0.2) is 29.2 Å². The second-order valence-electron chi connectivity index (χ2n) is 6.15. The number of sulfone groups is 1. The molecule has 1 amide bonds. The van der Waals surface area contributed by atoms with E-state index in [2.05, 4.69) is 5.32 Å². The summed E-state index contributed by atoms with van der Waals surface area (Å²) in [6.45, 7) is -0.525. The van der Waals surface area contributed by atoms with Crippen LogP contribution in [0, 0.1) is 0 Å². The number of methoxy groups -OCH3 is 1. The van der Waals surface area contributed by atoms with Gasteiger partial charge in [-0.05, 0) is 17.7 Å². The van der Waals surface area contributed by atoms with Crippen LogP contribution in [-0.4, -0.2) is 77.8 Å². The summed E-state index contributed by atoms with van der Waals surface area (Å²) in [5.74, 6) is -0.896. The summed E-state index contributed by atoms with van der Waals surface area (Å²) in [4.78, 5) is 22.4. The average Bonchev–Trinajstić information content (AvgIpc) is 2.72. The summed E-state index contributed by atoms with van der Waals surface area (Å²) in [7, 11) is -1.97. The van der Waals surface area contributed by atoms with E-state index in [1.807, 2.05) is 0 Å². The average molecular weight is 504 g/mol. The van der Waals surface area contributed by atoms with E-state index < -0.39 is 45.6 Å². The molecule has 31 heavy (non-hydrogen) atoms. The second-order valence-corrected chi connectivity index (χ2v) is 9.27. The van der Waals surface area contributed by atoms with Gasteiger partial charge in [-0.2, -0.15) is 0 Å². The quantitative estimate of drug-likeness (QED) is 0.247. The van der Waals surface area contributed by atoms with Crippen LogP contribution in [0.3, 0.4) is 0 Å². The first-order chi connectivity index (χ1) is 14.6. The van der Waals surface area contributed by atoms with E-state index in [0.717, 1.165) is 6.26 Å². The van der Waals surface area contributed by atoms with Gasteiger partial charge in [0, 0.05) is 13.4 Å². The van der Waals surface area contributed by atoms with Gasteiger partial charge in [0.1, 0.15) is 13.3 Å². The monoisotopic (exact) mass is 503 g/mol. The topological polar surface area (TPSA) is 117 Å². The van der Waals surface area contributed by atoms with Gasteiger partial charge in [0.05, 0.1) is 30.8 Å². The molecule has 1 aromatic rings. The van der Waals surface area contributed by atoms with Crippen LogP contribution < -0.4 is 5.32 Å². The van der Waals surface area contributed by atoms with Gasteiger partial charge in [0.25, 0.3) is 5.91 Å². The van der Waals surface area contributed by atoms with E-state index >= 15 is 0 Å². The minimum absolute atomic E-state index is 0.00759. The van der Waals surface area contributed by atoms with E-state index in [4.69, 9.17) is 42.1 Å². The minimum atomic E-state index is -3.48. The van der Waals surface area contributed by atoms with Gasteiger partial charge in [0.15, 0.2) is 20.8 Å². The molecule has 0 fully saturated rings. The van der Waals surface area contributed by atoms with Gasteiger partial charge in [0.2, 0.25) is 0 Å². The Morgan fingerprint density at radius 3 is 2.23 bits per heavy atom. The summed E-state index contributed by atoms with van der Waals surface area (Å²) in [5, 5.41) is 2.24. The largest absolute Gasteiger partial charge is 0.509 e. The summed E-state index contributed by atoms with van der Waals surface area (Å²) < 4.78 is 57.0. The highest BCUT2D eigenvalue weighted by atomic mass is 35.5. The van der Waals surface area contributed by atoms with E-state index in [9.17, 15) is 22.4 Å². The fraction of sp³-hybridized carbons (Fsp3) is 0.556. The van der Waals surface area contributed by atoms with Crippen molar-refractivity contribution in [3.8, 4) is 0 Å². The van der Waals surface area contributed by atoms with Crippen molar-refractivity contribution in [3.63, 3.8) is 0 Å². The Kier molecular flexibility index (Phi) is 12.1. The number of amides is 1. The molecule has 0 saturated heterocycles. The number of halogens is 3. The van der Waals surface area contributed by atoms with Gasteiger partial charge in [-0.3, -0.25) is 4.79 Å². The normalized spacial score (nSPS) is 13.5. The Balaban J connectivity index is 2.94. The smallest absolute Gasteiger partial charge is 0.432 e. The molecule has 0 aliphatic rings. The minimum Gasteiger partial charge on any atom is -0.432 e. The first-order valence-electron chi connectivity index (χ1n) is 8.94. The number of carbonyl (C=O) groups is 2. The van der Waals surface area contributed by atoms with Gasteiger partial charge >= 0.3 is 6.16 Å². The van der Waals surface area contributed by atoms with Gasteiger partial charge in [-0.1, -0.05) is 35.3 Å². The van der Waals surface area contributed by atoms with Crippen LogP contribution in [0.1, 0.15) is 11.7 Å². The maximum atomic E-state index is 13.7. The maximum Gasteiger partial charge on any atom is 0.509 e. The highest BCUT2D eigenvalue weighted by molar-refractivity contribution is 7.90. The third-order valence-electron chi connectivity index (χ3n) is 3.80. The molecule has 0 radical (unpaired) electrons. The lowest BCUT2D eigenvalue weighted by Gasteiger charge is -2.26. The molecule has 176 valence electrons. The van der Waals surface area contributed by atoms with Crippen LogP contribution in [0.2, 0.25) is 0 Å². The van der Waals surface area contributed by atoms with Crippen molar-refractivity contribution >= 4 is 45.1 Å². The highest BCUT2D eigenvalue weighted by Crippen LogP contribution is 2.25. The van der Waals surface area contributed by atoms with Crippen molar-refractivity contribution in [3.05, 3.63) is 29.8 Å². The molecule has 0 saturated carbocycles. The lowest BCUT2D eigenvalue weighted by molar-refractivity contribution is -0.121. The molecule has 0 aliphatic carbocycles. The Morgan fingerprint density at radius 2 is 1.71 bits per heavy atom. The number of hydrogen-bond acceptors (Lipinski definition) is 8. The molecule has 13 heteroatoms. The highest BCUT2D eigenvalue weighted by Gasteiger charge is 2.31. The predicted molar refractivity (Wildman–Crippen MR) is 111 cm³/mol. The van der Waals surface area contributed by atoms with Crippen LogP contribution in [0.25, 0.3) is 0 Å². The zero-order valence-electron chi connectivity index (χ0n) is 16.9. The number of ether oxygens (including phenoxy) is 4. The third kappa shape index (κ3) is 10.0. The summed E-state index contributed by atoms with van der Waals surface area (Å²) in [6, 6.07) is 3.83. The van der Waals surface area contributed by atoms with Crippen molar-refractivity contribution in [2.45, 2.75) is 21.9 Å². The number of rotatable bonds is 13. The van der Waals surface area contributed by atoms with E-state index in [-0.39, 0.29) is 23.7 Å². The van der Waals surface area contributed by atoms with Crippen molar-refractivity contribution in [1.29, 1.82) is 0 Å². The van der Waals surface area contributed by atoms with Gasteiger partial charge in [-0.25, -0.2) is 17.6 Å². The molecule has 1 rings (SSSR count). The number of hydrogen-bond donors (Lipinski definition) is 1. The lowest BCUT2D eigenvalue weighted by Crippen LogP contribution is -2.44. The fourth-order valence-corrected chi connectivity index (χ4v) is 3.05. The van der Waals surface area contributed by atoms with Crippen molar-refractivity contribution < 1.29 is 41.3 Å². The second kappa shape index (κ2) is 13.7. The summed E-state index contributed by atoms with van der Waals surface area (Å²) >= 11 is 11.0. The SMILES string of the molecule is COCCOCCOC(=O)O[C@H](c1ccc(S(C)(=O)=O)cc1)[C@@H](CF)NC(=O)C(Cl)Cl. The third-order valence-corrected chi connectivity index (χ3v) is 5.32. The van der Waals surface area contributed by atoms with E-state index in [1.165, 1.54) is 31.4 Å². The van der Waals surface area contributed by atoms with Gasteiger partial charge < -0.3 is 24.3 Å². The molecule has 0 heterocycles. The van der Waals surface area contributed by atoms with Crippen molar-refractivity contribution in [1.82, 2.24) is 5.32 Å². The maximum absolute atomic E-state index is 13.7. The number of carbonyl (C=O) groups excluding carboxylic acids is 2. The van der Waals surface area contributed by atoms with E-state index in [1.54, 1.807) is 0 Å². The Labute approximate surface area is 190 Å². The number of benzene rings is 1.